The molecule has 1 unspecified atom stereocenters. The fraction of sp³-hybridized carbons (Fsp3) is 0.0588. The molecule has 3 rings (SSSR count). The van der Waals surface area contributed by atoms with E-state index in [2.05, 4.69) is 41.3 Å². The zero-order valence-electron chi connectivity index (χ0n) is 14.4. The lowest BCUT2D eigenvalue weighted by Gasteiger charge is -1.97. The van der Waals surface area contributed by atoms with Crippen LogP contribution in [0.4, 0.5) is 0 Å². The van der Waals surface area contributed by atoms with Crippen molar-refractivity contribution in [1.29, 1.82) is 10.5 Å². The minimum absolute atomic E-state index is 0.00579. The highest BCUT2D eigenvalue weighted by molar-refractivity contribution is 9.11. The van der Waals surface area contributed by atoms with Crippen LogP contribution in [0, 0.1) is 22.7 Å². The van der Waals surface area contributed by atoms with Crippen molar-refractivity contribution in [3.05, 3.63) is 69.1 Å². The van der Waals surface area contributed by atoms with Crippen molar-refractivity contribution < 1.29 is 29.2 Å². The number of nitriles is 2. The van der Waals surface area contributed by atoms with E-state index in [1.165, 1.54) is 12.5 Å². The van der Waals surface area contributed by atoms with Crippen molar-refractivity contribution in [3.8, 4) is 17.9 Å². The Morgan fingerprint density at radius 1 is 1.17 bits per heavy atom. The molecule has 0 amide bonds. The number of hydrogen-bond acceptors (Lipinski definition) is 10. The van der Waals surface area contributed by atoms with Crippen LogP contribution in [0.3, 0.4) is 0 Å². The van der Waals surface area contributed by atoms with Crippen LogP contribution < -0.4 is 5.73 Å². The van der Waals surface area contributed by atoms with Gasteiger partial charge >= 0.3 is 0 Å². The minimum Gasteiger partial charge on any atom is -0.504 e. The van der Waals surface area contributed by atoms with Crippen molar-refractivity contribution >= 4 is 38.1 Å². The fourth-order valence-corrected chi connectivity index (χ4v) is 2.56. The van der Waals surface area contributed by atoms with E-state index in [1.807, 2.05) is 6.07 Å². The molecule has 3 aromatic heterocycles. The maximum Gasteiger partial charge on any atom is 0.185 e. The molecule has 0 aliphatic rings. The number of nitrogens with two attached hydrogens (primary N) is 1. The molecule has 0 fully saturated rings. The number of nitrogens with zero attached hydrogens (tertiary/aromatic N) is 3. The maximum absolute atomic E-state index is 9.77. The Bertz CT molecular complexity index is 934. The van der Waals surface area contributed by atoms with Crippen LogP contribution in [-0.2, 0) is 0 Å². The van der Waals surface area contributed by atoms with E-state index in [9.17, 15) is 4.79 Å². The predicted molar refractivity (Wildman–Crippen MR) is 107 cm³/mol. The van der Waals surface area contributed by atoms with Gasteiger partial charge in [-0.1, -0.05) is 0 Å². The third-order valence-corrected chi connectivity index (χ3v) is 3.68. The number of pyridine rings is 1. The molecule has 5 N–H and O–H groups in total. The average Bonchev–Trinajstić information content (AvgIpc) is 3.46. The standard InChI is InChI=1S/C6H2Br2N2O.C6H6N2O.C5H4O2.H2O2/c7-3-1-5(8)10-4(2-9)6(3)11;7-4-5(8)6-2-1-3-9-6;6-4-5-2-1-3-7-5;1-2/h1,11H;1-3,5H,8H2;1-4H;1-2H. The van der Waals surface area contributed by atoms with Crippen LogP contribution in [0.5, 0.6) is 5.75 Å². The molecule has 0 aliphatic carbocycles. The van der Waals surface area contributed by atoms with Gasteiger partial charge in [-0.05, 0) is 62.2 Å². The third-order valence-electron chi connectivity index (χ3n) is 2.67. The van der Waals surface area contributed by atoms with Gasteiger partial charge in [0.05, 0.1) is 23.1 Å². The van der Waals surface area contributed by atoms with Crippen molar-refractivity contribution in [2.75, 3.05) is 0 Å². The molecule has 0 saturated carbocycles. The average molecular weight is 530 g/mol. The van der Waals surface area contributed by atoms with Crippen LogP contribution in [0.2, 0.25) is 0 Å². The summed E-state index contributed by atoms with van der Waals surface area (Å²) in [5.41, 5.74) is 5.29. The Hall–Kier alpha value is -3.00. The first-order chi connectivity index (χ1) is 13.9. The Balaban J connectivity index is 0.000000397. The fourth-order valence-electron chi connectivity index (χ4n) is 1.45. The first-order valence-corrected chi connectivity index (χ1v) is 8.83. The van der Waals surface area contributed by atoms with E-state index in [0.717, 1.165) is 0 Å². The quantitative estimate of drug-likeness (QED) is 0.162. The van der Waals surface area contributed by atoms with Gasteiger partial charge in [-0.25, -0.2) is 4.98 Å². The zero-order valence-corrected chi connectivity index (χ0v) is 17.6. The molecule has 0 spiro atoms. The number of halogens is 2. The maximum atomic E-state index is 9.77. The molecule has 1 atom stereocenters. The highest BCUT2D eigenvalue weighted by Crippen LogP contribution is 2.28. The second kappa shape index (κ2) is 15.0. The number of aromatic hydroxyl groups is 1. The Labute approximate surface area is 181 Å². The summed E-state index contributed by atoms with van der Waals surface area (Å²) in [6.45, 7) is 0. The van der Waals surface area contributed by atoms with Gasteiger partial charge in [0, 0.05) is 0 Å². The highest BCUT2D eigenvalue weighted by atomic mass is 79.9. The van der Waals surface area contributed by atoms with Gasteiger partial charge in [0.1, 0.15) is 16.4 Å². The predicted octanol–water partition coefficient (Wildman–Crippen LogP) is 4.10. The van der Waals surface area contributed by atoms with Gasteiger partial charge in [0.25, 0.3) is 0 Å². The van der Waals surface area contributed by atoms with Crippen molar-refractivity contribution in [2.24, 2.45) is 5.73 Å². The largest absolute Gasteiger partial charge is 0.504 e. The normalized spacial score (nSPS) is 9.62. The van der Waals surface area contributed by atoms with Crippen molar-refractivity contribution in [2.45, 2.75) is 6.04 Å². The second-order valence-corrected chi connectivity index (χ2v) is 6.16. The van der Waals surface area contributed by atoms with Gasteiger partial charge in [-0.2, -0.15) is 10.5 Å². The molecule has 3 aromatic rings. The van der Waals surface area contributed by atoms with Gasteiger partial charge < -0.3 is 19.7 Å². The second-order valence-electron chi connectivity index (χ2n) is 4.49. The molecule has 0 saturated heterocycles. The summed E-state index contributed by atoms with van der Waals surface area (Å²) < 4.78 is 10.4. The summed E-state index contributed by atoms with van der Waals surface area (Å²) in [4.78, 5) is 13.5. The lowest BCUT2D eigenvalue weighted by atomic mass is 10.3. The molecule has 0 aliphatic heterocycles. The van der Waals surface area contributed by atoms with Crippen LogP contribution in [0.1, 0.15) is 28.1 Å². The monoisotopic (exact) mass is 528 g/mol. The number of carbonyl (C=O) groups is 1. The smallest absolute Gasteiger partial charge is 0.185 e. The third kappa shape index (κ3) is 9.66. The topological polar surface area (TPSA) is 191 Å². The van der Waals surface area contributed by atoms with E-state index in [-0.39, 0.29) is 11.4 Å². The number of rotatable bonds is 2. The van der Waals surface area contributed by atoms with E-state index in [1.54, 1.807) is 36.4 Å². The molecule has 0 aromatic carbocycles. The Kier molecular flexibility index (Phi) is 13.4. The van der Waals surface area contributed by atoms with E-state index in [4.69, 9.17) is 36.3 Å². The molecule has 152 valence electrons. The van der Waals surface area contributed by atoms with Gasteiger partial charge in [0.2, 0.25) is 0 Å². The minimum atomic E-state index is -0.625. The summed E-state index contributed by atoms with van der Waals surface area (Å²) >= 11 is 6.15. The van der Waals surface area contributed by atoms with Gasteiger partial charge in [-0.3, -0.25) is 15.3 Å². The van der Waals surface area contributed by atoms with Crippen LogP contribution in [0.25, 0.3) is 0 Å². The Morgan fingerprint density at radius 3 is 2.21 bits per heavy atom. The summed E-state index contributed by atoms with van der Waals surface area (Å²) in [5.74, 6) is 0.758. The summed E-state index contributed by atoms with van der Waals surface area (Å²) in [7, 11) is 0. The van der Waals surface area contributed by atoms with Crippen LogP contribution in [-0.4, -0.2) is 26.9 Å². The molecule has 10 nitrogen and oxygen atoms in total. The first kappa shape index (κ1) is 26.0. The number of carbonyl (C=O) groups excluding carboxylic acids is 1. The van der Waals surface area contributed by atoms with Gasteiger partial charge in [0.15, 0.2) is 29.5 Å². The zero-order chi connectivity index (χ0) is 22.2. The number of aldehydes is 1. The van der Waals surface area contributed by atoms with E-state index >= 15 is 0 Å². The molecule has 0 radical (unpaired) electrons. The van der Waals surface area contributed by atoms with E-state index < -0.39 is 6.04 Å². The summed E-state index contributed by atoms with van der Waals surface area (Å²) in [6.07, 6.45) is 3.62. The highest BCUT2D eigenvalue weighted by Gasteiger charge is 2.07. The molecule has 29 heavy (non-hydrogen) atoms. The lowest BCUT2D eigenvalue weighted by Crippen LogP contribution is -2.05. The van der Waals surface area contributed by atoms with Crippen LogP contribution in [0.15, 0.2) is 60.8 Å². The van der Waals surface area contributed by atoms with Crippen molar-refractivity contribution in [3.63, 3.8) is 0 Å². The number of aromatic nitrogens is 1. The summed E-state index contributed by atoms with van der Waals surface area (Å²) in [6, 6.07) is 11.2. The molecule has 3 heterocycles. The molecule has 12 heteroatoms. The van der Waals surface area contributed by atoms with Crippen LogP contribution >= 0.6 is 31.9 Å². The molecule has 0 bridgehead atoms. The molecular weight excluding hydrogens is 516 g/mol. The molecular formula is C17H14Br2N4O6. The van der Waals surface area contributed by atoms with Crippen molar-refractivity contribution in [1.82, 2.24) is 4.98 Å². The first-order valence-electron chi connectivity index (χ1n) is 7.25. The lowest BCUT2D eigenvalue weighted by molar-refractivity contribution is -0.176. The SMILES string of the molecule is N#CC(N)c1ccco1.N#Cc1nc(Br)cc(Br)c1O.O=Cc1ccco1.OO. The number of furan rings is 2. The Morgan fingerprint density at radius 2 is 1.79 bits per heavy atom. The summed E-state index contributed by atoms with van der Waals surface area (Å²) in [5, 5.41) is 37.9. The van der Waals surface area contributed by atoms with Gasteiger partial charge in [-0.15, -0.1) is 0 Å². The van der Waals surface area contributed by atoms with E-state index in [0.29, 0.717) is 26.9 Å². The number of hydrogen-bond donors (Lipinski definition) is 4.